The average molecular weight is 273 g/mol. The lowest BCUT2D eigenvalue weighted by molar-refractivity contribution is -0.122. The third-order valence-corrected chi connectivity index (χ3v) is 3.00. The number of nitrogens with one attached hydrogen (secondary N) is 1. The summed E-state index contributed by atoms with van der Waals surface area (Å²) in [5.41, 5.74) is 2.55. The number of aryl methyl sites for hydroxylation is 1. The highest BCUT2D eigenvalue weighted by atomic mass is 19.1. The van der Waals surface area contributed by atoms with Crippen LogP contribution >= 0.6 is 0 Å². The predicted molar refractivity (Wildman–Crippen MR) is 76.1 cm³/mol. The van der Waals surface area contributed by atoms with Crippen LogP contribution in [-0.4, -0.2) is 19.6 Å². The molecule has 2 aromatic rings. The fraction of sp³-hybridized carbons (Fsp3) is 0.188. The monoisotopic (exact) mass is 273 g/mol. The third-order valence-electron chi connectivity index (χ3n) is 3.00. The van der Waals surface area contributed by atoms with Crippen LogP contribution in [0.3, 0.4) is 0 Å². The van der Waals surface area contributed by atoms with Crippen LogP contribution < -0.4 is 10.1 Å². The number of hydrogen-bond acceptors (Lipinski definition) is 2. The molecule has 0 saturated heterocycles. The number of carbonyl (C=O) groups is 1. The van der Waals surface area contributed by atoms with E-state index in [0.717, 1.165) is 16.7 Å². The zero-order chi connectivity index (χ0) is 14.5. The van der Waals surface area contributed by atoms with Crippen molar-refractivity contribution in [1.29, 1.82) is 0 Å². The van der Waals surface area contributed by atoms with Crippen LogP contribution in [0.25, 0.3) is 11.1 Å². The van der Waals surface area contributed by atoms with Gasteiger partial charge in [-0.05, 0) is 36.2 Å². The summed E-state index contributed by atoms with van der Waals surface area (Å²) in [6.07, 6.45) is 0. The highest BCUT2D eigenvalue weighted by molar-refractivity contribution is 5.78. The van der Waals surface area contributed by atoms with Gasteiger partial charge >= 0.3 is 0 Å². The van der Waals surface area contributed by atoms with Crippen LogP contribution in [0.2, 0.25) is 0 Å². The molecule has 2 aromatic carbocycles. The quantitative estimate of drug-likeness (QED) is 0.930. The van der Waals surface area contributed by atoms with Crippen LogP contribution in [0.15, 0.2) is 42.5 Å². The number of carbonyl (C=O) groups excluding carboxylic acids is 1. The summed E-state index contributed by atoms with van der Waals surface area (Å²) >= 11 is 0. The van der Waals surface area contributed by atoms with Gasteiger partial charge in [0.1, 0.15) is 11.6 Å². The molecule has 0 fully saturated rings. The van der Waals surface area contributed by atoms with Crippen LogP contribution in [0, 0.1) is 12.7 Å². The van der Waals surface area contributed by atoms with Crippen molar-refractivity contribution in [3.63, 3.8) is 0 Å². The number of ether oxygens (including phenoxy) is 1. The van der Waals surface area contributed by atoms with Crippen molar-refractivity contribution < 1.29 is 13.9 Å². The third kappa shape index (κ3) is 3.15. The normalized spacial score (nSPS) is 10.2. The fourth-order valence-corrected chi connectivity index (χ4v) is 1.96. The average Bonchev–Trinajstić information content (AvgIpc) is 2.45. The Hall–Kier alpha value is -2.36. The van der Waals surface area contributed by atoms with E-state index >= 15 is 0 Å². The maximum atomic E-state index is 13.2. The van der Waals surface area contributed by atoms with E-state index in [0.29, 0.717) is 5.75 Å². The molecule has 0 saturated carbocycles. The summed E-state index contributed by atoms with van der Waals surface area (Å²) in [7, 11) is 1.56. The zero-order valence-electron chi connectivity index (χ0n) is 11.4. The molecule has 4 heteroatoms. The smallest absolute Gasteiger partial charge is 0.257 e. The molecule has 0 heterocycles. The van der Waals surface area contributed by atoms with Gasteiger partial charge in [-0.25, -0.2) is 4.39 Å². The summed E-state index contributed by atoms with van der Waals surface area (Å²) in [6, 6.07) is 12.0. The number of hydrogen-bond donors (Lipinski definition) is 1. The maximum absolute atomic E-state index is 13.2. The molecule has 20 heavy (non-hydrogen) atoms. The lowest BCUT2D eigenvalue weighted by Crippen LogP contribution is -2.24. The second-order valence-electron chi connectivity index (χ2n) is 4.42. The van der Waals surface area contributed by atoms with E-state index in [1.165, 1.54) is 12.1 Å². The van der Waals surface area contributed by atoms with E-state index in [-0.39, 0.29) is 18.3 Å². The minimum Gasteiger partial charge on any atom is -0.483 e. The summed E-state index contributed by atoms with van der Waals surface area (Å²) in [4.78, 5) is 11.3. The molecule has 2 rings (SSSR count). The predicted octanol–water partition coefficient (Wildman–Crippen LogP) is 2.93. The van der Waals surface area contributed by atoms with Crippen molar-refractivity contribution in [2.24, 2.45) is 0 Å². The van der Waals surface area contributed by atoms with E-state index in [4.69, 9.17) is 4.74 Å². The molecule has 0 bridgehead atoms. The van der Waals surface area contributed by atoms with Crippen molar-refractivity contribution in [1.82, 2.24) is 5.32 Å². The summed E-state index contributed by atoms with van der Waals surface area (Å²) in [6.45, 7) is 1.79. The van der Waals surface area contributed by atoms with Crippen molar-refractivity contribution >= 4 is 5.91 Å². The van der Waals surface area contributed by atoms with Gasteiger partial charge in [-0.3, -0.25) is 4.79 Å². The van der Waals surface area contributed by atoms with Crippen LogP contribution in [0.5, 0.6) is 5.75 Å². The first-order valence-electron chi connectivity index (χ1n) is 6.30. The van der Waals surface area contributed by atoms with Crippen LogP contribution in [0.4, 0.5) is 4.39 Å². The van der Waals surface area contributed by atoms with Crippen molar-refractivity contribution in [3.8, 4) is 16.9 Å². The van der Waals surface area contributed by atoms with Crippen molar-refractivity contribution in [2.45, 2.75) is 6.92 Å². The highest BCUT2D eigenvalue weighted by Crippen LogP contribution is 2.32. The highest BCUT2D eigenvalue weighted by Gasteiger charge is 2.10. The molecule has 0 aliphatic rings. The Balaban J connectivity index is 2.34. The molecule has 0 aliphatic heterocycles. The molecule has 104 valence electrons. The van der Waals surface area contributed by atoms with Gasteiger partial charge in [-0.15, -0.1) is 0 Å². The largest absolute Gasteiger partial charge is 0.483 e. The van der Waals surface area contributed by atoms with Gasteiger partial charge in [0.25, 0.3) is 5.91 Å². The number of rotatable bonds is 4. The SMILES string of the molecule is CNC(=O)COc1ccccc1-c1ccc(F)cc1C. The number of likely N-dealkylation sites (N-methyl/N-ethyl adjacent to an activating group) is 1. The lowest BCUT2D eigenvalue weighted by atomic mass is 10.00. The minimum absolute atomic E-state index is 0.0479. The minimum atomic E-state index is -0.269. The summed E-state index contributed by atoms with van der Waals surface area (Å²) in [5.74, 6) is 0.136. The Morgan fingerprint density at radius 1 is 1.20 bits per heavy atom. The van der Waals surface area contributed by atoms with E-state index < -0.39 is 0 Å². The Bertz CT molecular complexity index is 626. The first-order chi connectivity index (χ1) is 9.61. The topological polar surface area (TPSA) is 38.3 Å². The molecule has 0 aromatic heterocycles. The summed E-state index contributed by atoms with van der Waals surface area (Å²) in [5, 5.41) is 2.50. The fourth-order valence-electron chi connectivity index (χ4n) is 1.96. The van der Waals surface area contributed by atoms with Gasteiger partial charge in [-0.1, -0.05) is 24.3 Å². The Morgan fingerprint density at radius 3 is 2.65 bits per heavy atom. The van der Waals surface area contributed by atoms with E-state index in [1.807, 2.05) is 25.1 Å². The van der Waals surface area contributed by atoms with Crippen LogP contribution in [-0.2, 0) is 4.79 Å². The van der Waals surface area contributed by atoms with Crippen molar-refractivity contribution in [3.05, 3.63) is 53.8 Å². The van der Waals surface area contributed by atoms with E-state index in [2.05, 4.69) is 5.32 Å². The molecule has 0 unspecified atom stereocenters. The molecule has 1 amide bonds. The van der Waals surface area contributed by atoms with Gasteiger partial charge in [-0.2, -0.15) is 0 Å². The maximum Gasteiger partial charge on any atom is 0.257 e. The van der Waals surface area contributed by atoms with Gasteiger partial charge in [0.2, 0.25) is 0 Å². The Labute approximate surface area is 117 Å². The number of halogens is 1. The van der Waals surface area contributed by atoms with Gasteiger partial charge in [0.15, 0.2) is 6.61 Å². The first-order valence-corrected chi connectivity index (χ1v) is 6.30. The second kappa shape index (κ2) is 6.19. The Morgan fingerprint density at radius 2 is 1.95 bits per heavy atom. The first kappa shape index (κ1) is 14.1. The van der Waals surface area contributed by atoms with Crippen LogP contribution in [0.1, 0.15) is 5.56 Å². The standard InChI is InChI=1S/C16H16FNO2/c1-11-9-12(17)7-8-13(11)14-5-3-4-6-15(14)20-10-16(19)18-2/h3-9H,10H2,1-2H3,(H,18,19). The van der Waals surface area contributed by atoms with Gasteiger partial charge in [0.05, 0.1) is 0 Å². The number of amides is 1. The second-order valence-corrected chi connectivity index (χ2v) is 4.42. The van der Waals surface area contributed by atoms with E-state index in [9.17, 15) is 9.18 Å². The molecule has 0 atom stereocenters. The molecular weight excluding hydrogens is 257 g/mol. The number of para-hydroxylation sites is 1. The van der Waals surface area contributed by atoms with E-state index in [1.54, 1.807) is 19.2 Å². The zero-order valence-corrected chi connectivity index (χ0v) is 11.4. The lowest BCUT2D eigenvalue weighted by Gasteiger charge is -2.13. The number of benzene rings is 2. The molecule has 1 N–H and O–H groups in total. The molecule has 0 aliphatic carbocycles. The molecule has 0 spiro atoms. The Kier molecular flexibility index (Phi) is 4.35. The summed E-state index contributed by atoms with van der Waals surface area (Å²) < 4.78 is 18.7. The van der Waals surface area contributed by atoms with Crippen molar-refractivity contribution in [2.75, 3.05) is 13.7 Å². The molecular formula is C16H16FNO2. The molecule has 0 radical (unpaired) electrons. The van der Waals surface area contributed by atoms with Gasteiger partial charge < -0.3 is 10.1 Å². The van der Waals surface area contributed by atoms with Gasteiger partial charge in [0, 0.05) is 12.6 Å². The molecule has 3 nitrogen and oxygen atoms in total.